The zero-order valence-corrected chi connectivity index (χ0v) is 11.2. The lowest BCUT2D eigenvalue weighted by Gasteiger charge is -2.00. The van der Waals surface area contributed by atoms with Gasteiger partial charge < -0.3 is 0 Å². The SMILES string of the molecule is C=C(Br)/C=c1/cc(F)cc/c1=C/C(C)CC. The molecule has 0 amide bonds. The maximum Gasteiger partial charge on any atom is 0.123 e. The third-order valence-electron chi connectivity index (χ3n) is 2.47. The zero-order valence-electron chi connectivity index (χ0n) is 9.63. The maximum absolute atomic E-state index is 13.1. The number of halogens is 2. The van der Waals surface area contributed by atoms with Crippen LogP contribution in [0.15, 0.2) is 29.3 Å². The fourth-order valence-electron chi connectivity index (χ4n) is 1.42. The Labute approximate surface area is 104 Å². The van der Waals surface area contributed by atoms with Gasteiger partial charge in [0.05, 0.1) is 0 Å². The van der Waals surface area contributed by atoms with E-state index in [4.69, 9.17) is 0 Å². The molecule has 1 aromatic carbocycles. The van der Waals surface area contributed by atoms with Gasteiger partial charge in [-0.25, -0.2) is 4.39 Å². The molecule has 16 heavy (non-hydrogen) atoms. The summed E-state index contributed by atoms with van der Waals surface area (Å²) in [7, 11) is 0. The minimum atomic E-state index is -0.221. The predicted molar refractivity (Wildman–Crippen MR) is 72.1 cm³/mol. The molecule has 0 aliphatic heterocycles. The van der Waals surface area contributed by atoms with Crippen LogP contribution in [0.1, 0.15) is 20.3 Å². The molecule has 0 radical (unpaired) electrons. The molecule has 0 heterocycles. The molecule has 0 saturated heterocycles. The van der Waals surface area contributed by atoms with E-state index in [0.717, 1.165) is 21.3 Å². The van der Waals surface area contributed by atoms with Crippen LogP contribution in [-0.4, -0.2) is 0 Å². The van der Waals surface area contributed by atoms with Crippen molar-refractivity contribution < 1.29 is 4.39 Å². The molecule has 86 valence electrons. The van der Waals surface area contributed by atoms with Gasteiger partial charge >= 0.3 is 0 Å². The molecule has 0 N–H and O–H groups in total. The summed E-state index contributed by atoms with van der Waals surface area (Å²) < 4.78 is 13.9. The van der Waals surface area contributed by atoms with E-state index in [1.165, 1.54) is 12.1 Å². The van der Waals surface area contributed by atoms with Crippen molar-refractivity contribution in [2.75, 3.05) is 0 Å². The van der Waals surface area contributed by atoms with Crippen LogP contribution < -0.4 is 10.4 Å². The normalized spacial score (nSPS) is 15.2. The van der Waals surface area contributed by atoms with Crippen LogP contribution >= 0.6 is 15.9 Å². The van der Waals surface area contributed by atoms with Crippen molar-refractivity contribution in [3.63, 3.8) is 0 Å². The van der Waals surface area contributed by atoms with Crippen molar-refractivity contribution >= 4 is 28.1 Å². The Hall–Kier alpha value is -0.890. The molecule has 0 fully saturated rings. The van der Waals surface area contributed by atoms with Gasteiger partial charge in [0, 0.05) is 4.48 Å². The second-order valence-corrected chi connectivity index (χ2v) is 4.94. The minimum absolute atomic E-state index is 0.221. The second kappa shape index (κ2) is 6.00. The predicted octanol–water partition coefficient (Wildman–Crippen LogP) is 3.34. The lowest BCUT2D eigenvalue weighted by Crippen LogP contribution is -2.25. The summed E-state index contributed by atoms with van der Waals surface area (Å²) >= 11 is 3.27. The van der Waals surface area contributed by atoms with Gasteiger partial charge in [0.25, 0.3) is 0 Å². The molecule has 1 aromatic rings. The highest BCUT2D eigenvalue weighted by atomic mass is 79.9. The second-order valence-electron chi connectivity index (χ2n) is 3.92. The third kappa shape index (κ3) is 3.93. The number of benzene rings is 1. The molecule has 0 bridgehead atoms. The monoisotopic (exact) mass is 282 g/mol. The summed E-state index contributed by atoms with van der Waals surface area (Å²) in [6, 6.07) is 4.83. The van der Waals surface area contributed by atoms with Gasteiger partial charge in [0.1, 0.15) is 5.82 Å². The fraction of sp³-hybridized carbons (Fsp3) is 0.286. The molecule has 0 aliphatic carbocycles. The minimum Gasteiger partial charge on any atom is -0.207 e. The average molecular weight is 283 g/mol. The largest absolute Gasteiger partial charge is 0.207 e. The first kappa shape index (κ1) is 13.2. The number of hydrogen-bond donors (Lipinski definition) is 0. The van der Waals surface area contributed by atoms with Crippen molar-refractivity contribution in [1.82, 2.24) is 0 Å². The van der Waals surface area contributed by atoms with Crippen LogP contribution in [0.4, 0.5) is 4.39 Å². The first-order valence-electron chi connectivity index (χ1n) is 5.36. The summed E-state index contributed by atoms with van der Waals surface area (Å²) in [6.07, 6.45) is 5.06. The number of allylic oxidation sites excluding steroid dienone is 1. The van der Waals surface area contributed by atoms with Crippen LogP contribution in [0.25, 0.3) is 12.2 Å². The highest BCUT2D eigenvalue weighted by Crippen LogP contribution is 2.02. The Kier molecular flexibility index (Phi) is 4.94. The highest BCUT2D eigenvalue weighted by molar-refractivity contribution is 9.12. The summed E-state index contributed by atoms with van der Waals surface area (Å²) in [4.78, 5) is 0. The first-order valence-corrected chi connectivity index (χ1v) is 6.15. The molecule has 0 saturated carbocycles. The van der Waals surface area contributed by atoms with E-state index in [1.807, 2.05) is 12.1 Å². The average Bonchev–Trinajstić information content (AvgIpc) is 2.21. The summed E-state index contributed by atoms with van der Waals surface area (Å²) in [5.74, 6) is 0.266. The van der Waals surface area contributed by atoms with E-state index in [0.29, 0.717) is 5.92 Å². The van der Waals surface area contributed by atoms with Crippen molar-refractivity contribution in [3.8, 4) is 0 Å². The van der Waals surface area contributed by atoms with Crippen molar-refractivity contribution in [1.29, 1.82) is 0 Å². The van der Waals surface area contributed by atoms with Gasteiger partial charge in [-0.1, -0.05) is 54.9 Å². The highest BCUT2D eigenvalue weighted by Gasteiger charge is 1.95. The molecular formula is C14H16BrF. The number of hydrogen-bond acceptors (Lipinski definition) is 0. The molecule has 1 atom stereocenters. The van der Waals surface area contributed by atoms with E-state index >= 15 is 0 Å². The van der Waals surface area contributed by atoms with E-state index < -0.39 is 0 Å². The molecule has 0 spiro atoms. The van der Waals surface area contributed by atoms with E-state index in [-0.39, 0.29) is 5.82 Å². The van der Waals surface area contributed by atoms with E-state index in [9.17, 15) is 4.39 Å². The Balaban J connectivity index is 3.40. The molecular weight excluding hydrogens is 267 g/mol. The maximum atomic E-state index is 13.1. The van der Waals surface area contributed by atoms with Crippen LogP contribution in [0, 0.1) is 11.7 Å². The third-order valence-corrected chi connectivity index (χ3v) is 2.70. The standard InChI is InChI=1S/C14H16BrF/c1-4-10(2)7-12-5-6-14(16)9-13(12)8-11(3)15/h5-10H,3-4H2,1-2H3/b12-7-,13-8-. The lowest BCUT2D eigenvalue weighted by molar-refractivity contribution is 0.626. The Morgan fingerprint density at radius 1 is 1.50 bits per heavy atom. The zero-order chi connectivity index (χ0) is 12.1. The number of rotatable bonds is 3. The van der Waals surface area contributed by atoms with E-state index in [1.54, 1.807) is 0 Å². The lowest BCUT2D eigenvalue weighted by atomic mass is 10.1. The van der Waals surface area contributed by atoms with Gasteiger partial charge in [-0.15, -0.1) is 0 Å². The summed E-state index contributed by atoms with van der Waals surface area (Å²) in [6.45, 7) is 8.03. The Morgan fingerprint density at radius 3 is 2.75 bits per heavy atom. The quantitative estimate of drug-likeness (QED) is 0.798. The molecule has 0 nitrogen and oxygen atoms in total. The van der Waals surface area contributed by atoms with Crippen LogP contribution in [0.3, 0.4) is 0 Å². The first-order chi connectivity index (χ1) is 7.52. The molecule has 0 aliphatic rings. The van der Waals surface area contributed by atoms with Gasteiger partial charge in [0.15, 0.2) is 0 Å². The van der Waals surface area contributed by atoms with Gasteiger partial charge in [0.2, 0.25) is 0 Å². The van der Waals surface area contributed by atoms with Crippen LogP contribution in [0.2, 0.25) is 0 Å². The van der Waals surface area contributed by atoms with Gasteiger partial charge in [-0.3, -0.25) is 0 Å². The molecule has 2 heteroatoms. The van der Waals surface area contributed by atoms with Gasteiger partial charge in [-0.2, -0.15) is 0 Å². The Bertz CT molecular complexity index is 488. The van der Waals surface area contributed by atoms with Gasteiger partial charge in [-0.05, 0) is 34.6 Å². The molecule has 1 unspecified atom stereocenters. The topological polar surface area (TPSA) is 0 Å². The van der Waals surface area contributed by atoms with Crippen LogP contribution in [-0.2, 0) is 0 Å². The van der Waals surface area contributed by atoms with Crippen LogP contribution in [0.5, 0.6) is 0 Å². The fourth-order valence-corrected chi connectivity index (χ4v) is 1.66. The van der Waals surface area contributed by atoms with Crippen molar-refractivity contribution in [2.24, 2.45) is 5.92 Å². The van der Waals surface area contributed by atoms with E-state index in [2.05, 4.69) is 42.4 Å². The summed E-state index contributed by atoms with van der Waals surface area (Å²) in [5, 5.41) is 1.92. The Morgan fingerprint density at radius 2 is 2.19 bits per heavy atom. The van der Waals surface area contributed by atoms with Crippen molar-refractivity contribution in [3.05, 3.63) is 45.5 Å². The molecule has 0 aromatic heterocycles. The summed E-state index contributed by atoms with van der Waals surface area (Å²) in [5.41, 5.74) is 0. The smallest absolute Gasteiger partial charge is 0.123 e. The van der Waals surface area contributed by atoms with Crippen molar-refractivity contribution in [2.45, 2.75) is 20.3 Å². The molecule has 1 rings (SSSR count).